The van der Waals surface area contributed by atoms with Gasteiger partial charge < -0.3 is 10.1 Å². The van der Waals surface area contributed by atoms with Crippen LogP contribution in [-0.2, 0) is 27.9 Å². The van der Waals surface area contributed by atoms with Crippen LogP contribution in [0.25, 0.3) is 11.0 Å². The Kier molecular flexibility index (Phi) is 8.85. The first-order valence-corrected chi connectivity index (χ1v) is 17.8. The van der Waals surface area contributed by atoms with Crippen molar-refractivity contribution in [1.82, 2.24) is 34.3 Å². The second-order valence-electron chi connectivity index (χ2n) is 12.2. The first kappa shape index (κ1) is 32.7. The molecule has 0 radical (unpaired) electrons. The Morgan fingerprint density at radius 1 is 1.15 bits per heavy atom. The number of sulfonamides is 1. The van der Waals surface area contributed by atoms with Crippen LogP contribution < -0.4 is 10.1 Å². The topological polar surface area (TPSA) is 145 Å². The molecule has 4 aromatic heterocycles. The molecule has 1 amide bonds. The van der Waals surface area contributed by atoms with Crippen molar-refractivity contribution in [2.24, 2.45) is 5.41 Å². The summed E-state index contributed by atoms with van der Waals surface area (Å²) in [5, 5.41) is 12.4. The van der Waals surface area contributed by atoms with Crippen LogP contribution in [0.5, 0.6) is 5.75 Å². The van der Waals surface area contributed by atoms with Gasteiger partial charge in [-0.2, -0.15) is 4.31 Å². The summed E-state index contributed by atoms with van der Waals surface area (Å²) in [7, 11) is -3.97. The number of aromatic nitrogens is 6. The third kappa shape index (κ3) is 6.01. The highest BCUT2D eigenvalue weighted by Gasteiger charge is 2.43. The van der Waals surface area contributed by atoms with Crippen LogP contribution in [0.2, 0.25) is 0 Å². The number of benzene rings is 1. The maximum absolute atomic E-state index is 14.1. The lowest BCUT2D eigenvalue weighted by molar-refractivity contribution is -0.124. The quantitative estimate of drug-likeness (QED) is 0.215. The third-order valence-electron chi connectivity index (χ3n) is 8.78. The van der Waals surface area contributed by atoms with Crippen LogP contribution in [0, 0.1) is 19.3 Å². The molecule has 0 spiro atoms. The van der Waals surface area contributed by atoms with Gasteiger partial charge in [0.1, 0.15) is 16.6 Å². The van der Waals surface area contributed by atoms with Crippen LogP contribution in [0.3, 0.4) is 0 Å². The molecule has 0 unspecified atom stereocenters. The summed E-state index contributed by atoms with van der Waals surface area (Å²) in [5.74, 6) is -0.449. The molecule has 5 aromatic rings. The van der Waals surface area contributed by atoms with Crippen LogP contribution in [0.4, 0.5) is 5.69 Å². The zero-order chi connectivity index (χ0) is 33.5. The van der Waals surface area contributed by atoms with E-state index < -0.39 is 21.4 Å². The van der Waals surface area contributed by atoms with Gasteiger partial charge >= 0.3 is 0 Å². The highest BCUT2D eigenvalue weighted by molar-refractivity contribution is 7.89. The number of ether oxygens (including phenoxy) is 1. The molecule has 14 heteroatoms. The van der Waals surface area contributed by atoms with Gasteiger partial charge in [-0.15, -0.1) is 16.4 Å². The summed E-state index contributed by atoms with van der Waals surface area (Å²) in [5.41, 5.74) is 3.68. The minimum atomic E-state index is -3.97. The maximum atomic E-state index is 14.1. The number of hydrogen-bond donors (Lipinski definition) is 1. The number of carbonyl (C=O) groups excluding carboxylic acids is 1. The van der Waals surface area contributed by atoms with E-state index in [0.29, 0.717) is 29.4 Å². The molecule has 12 nitrogen and oxygen atoms in total. The molecule has 246 valence electrons. The Labute approximate surface area is 278 Å². The minimum absolute atomic E-state index is 0.0401. The number of anilines is 1. The zero-order valence-corrected chi connectivity index (χ0v) is 28.9. The van der Waals surface area contributed by atoms with Gasteiger partial charge in [0.2, 0.25) is 10.9 Å². The lowest BCUT2D eigenvalue weighted by Gasteiger charge is -2.33. The number of rotatable bonds is 9. The van der Waals surface area contributed by atoms with Gasteiger partial charge in [-0.3, -0.25) is 9.78 Å². The molecule has 1 aliphatic heterocycles. The molecular formula is C33H38N8O4S2. The van der Waals surface area contributed by atoms with Crippen LogP contribution in [-0.4, -0.2) is 61.2 Å². The van der Waals surface area contributed by atoms with Crippen molar-refractivity contribution in [2.45, 2.75) is 78.1 Å². The summed E-state index contributed by atoms with van der Waals surface area (Å²) in [6, 6.07) is 10.9. The van der Waals surface area contributed by atoms with Crippen molar-refractivity contribution >= 4 is 44.0 Å². The van der Waals surface area contributed by atoms with E-state index in [0.717, 1.165) is 27.0 Å². The van der Waals surface area contributed by atoms with Gasteiger partial charge in [-0.05, 0) is 68.7 Å². The van der Waals surface area contributed by atoms with Gasteiger partial charge in [0.15, 0.2) is 5.75 Å². The Balaban J connectivity index is 1.43. The summed E-state index contributed by atoms with van der Waals surface area (Å²) in [6.45, 7) is 12.6. The second kappa shape index (κ2) is 12.7. The SMILES string of the molecule is CC[C@@H]1CN(Cc2nc([C@@H](c3ccc4c(nnn4CC)c3C)C(C)(C)C(=O)Nc3cccnc3)sc2C)S(=O)(=O)c2ncccc2O1. The molecule has 1 aromatic carbocycles. The largest absolute Gasteiger partial charge is 0.486 e. The molecular weight excluding hydrogens is 637 g/mol. The van der Waals surface area contributed by atoms with Crippen molar-refractivity contribution in [3.63, 3.8) is 0 Å². The molecule has 0 saturated carbocycles. The Hall–Kier alpha value is -4.27. The lowest BCUT2D eigenvalue weighted by Crippen LogP contribution is -2.37. The van der Waals surface area contributed by atoms with Crippen LogP contribution >= 0.6 is 11.3 Å². The highest BCUT2D eigenvalue weighted by atomic mass is 32.2. The predicted molar refractivity (Wildman–Crippen MR) is 180 cm³/mol. The van der Waals surface area contributed by atoms with Gasteiger partial charge in [-0.1, -0.05) is 32.1 Å². The molecule has 0 fully saturated rings. The number of carbonyl (C=O) groups is 1. The summed E-state index contributed by atoms with van der Waals surface area (Å²) in [6.07, 6.45) is 4.99. The van der Waals surface area contributed by atoms with E-state index in [2.05, 4.69) is 25.6 Å². The summed E-state index contributed by atoms with van der Waals surface area (Å²) in [4.78, 5) is 28.3. The molecule has 47 heavy (non-hydrogen) atoms. The molecule has 0 saturated heterocycles. The van der Waals surface area contributed by atoms with Crippen LogP contribution in [0.1, 0.15) is 66.7 Å². The fourth-order valence-electron chi connectivity index (χ4n) is 5.99. The molecule has 1 aliphatic rings. The van der Waals surface area contributed by atoms with E-state index in [4.69, 9.17) is 9.72 Å². The van der Waals surface area contributed by atoms with E-state index in [1.165, 1.54) is 21.8 Å². The second-order valence-corrected chi connectivity index (χ2v) is 15.3. The van der Waals surface area contributed by atoms with Gasteiger partial charge in [0.05, 0.1) is 47.5 Å². The van der Waals surface area contributed by atoms with E-state index in [1.54, 1.807) is 36.7 Å². The van der Waals surface area contributed by atoms with Gasteiger partial charge in [0.25, 0.3) is 10.0 Å². The van der Waals surface area contributed by atoms with E-state index in [1.807, 2.05) is 58.4 Å². The number of fused-ring (bicyclic) bond motifs is 2. The summed E-state index contributed by atoms with van der Waals surface area (Å²) >= 11 is 1.46. The molecule has 2 atom stereocenters. The first-order valence-electron chi connectivity index (χ1n) is 15.6. The lowest BCUT2D eigenvalue weighted by atomic mass is 9.73. The highest BCUT2D eigenvalue weighted by Crippen LogP contribution is 2.46. The maximum Gasteiger partial charge on any atom is 0.264 e. The summed E-state index contributed by atoms with van der Waals surface area (Å²) < 4.78 is 37.0. The normalized spacial score (nSPS) is 17.1. The zero-order valence-electron chi connectivity index (χ0n) is 27.3. The molecule has 1 N–H and O–H groups in total. The van der Waals surface area contributed by atoms with Crippen molar-refractivity contribution in [1.29, 1.82) is 0 Å². The third-order valence-corrected chi connectivity index (χ3v) is 11.6. The first-order chi connectivity index (χ1) is 22.4. The number of nitrogens with one attached hydrogen (secondary N) is 1. The fourth-order valence-corrected chi connectivity index (χ4v) is 8.69. The Bertz CT molecular complexity index is 2040. The van der Waals surface area contributed by atoms with Crippen LogP contribution in [0.15, 0.2) is 60.0 Å². The monoisotopic (exact) mass is 674 g/mol. The molecule has 0 aliphatic carbocycles. The number of amides is 1. The van der Waals surface area contributed by atoms with E-state index in [-0.39, 0.29) is 35.9 Å². The number of aryl methyl sites for hydroxylation is 3. The Morgan fingerprint density at radius 2 is 1.94 bits per heavy atom. The van der Waals surface area contributed by atoms with Gasteiger partial charge in [0, 0.05) is 23.8 Å². The smallest absolute Gasteiger partial charge is 0.264 e. The number of nitrogens with zero attached hydrogens (tertiary/aromatic N) is 7. The average molecular weight is 675 g/mol. The standard InChI is InChI=1S/C33H38N8O4S2/c1-7-23-18-40(47(43,44)31-27(45-23)12-10-16-35-31)19-25-21(4)46-30(37-25)28(33(5,6)32(42)36-22-11-9-15-34-17-22)24-13-14-26-29(20(24)3)38-39-41(26)8-2/h9-17,23,28H,7-8,18-19H2,1-6H3,(H,36,42)/t23-,28-/m1/s1. The van der Waals surface area contributed by atoms with Crippen molar-refractivity contribution < 1.29 is 17.9 Å². The molecule has 0 bridgehead atoms. The number of pyridine rings is 2. The Morgan fingerprint density at radius 3 is 2.66 bits per heavy atom. The van der Waals surface area contributed by atoms with Crippen molar-refractivity contribution in [2.75, 3.05) is 11.9 Å². The molecule has 6 rings (SSSR count). The number of hydrogen-bond acceptors (Lipinski definition) is 10. The van der Waals surface area contributed by atoms with Crippen molar-refractivity contribution in [3.05, 3.63) is 81.7 Å². The average Bonchev–Trinajstić information content (AvgIpc) is 3.62. The minimum Gasteiger partial charge on any atom is -0.486 e. The van der Waals surface area contributed by atoms with E-state index >= 15 is 0 Å². The van der Waals surface area contributed by atoms with E-state index in [9.17, 15) is 13.2 Å². The van der Waals surface area contributed by atoms with Crippen molar-refractivity contribution in [3.8, 4) is 5.75 Å². The predicted octanol–water partition coefficient (Wildman–Crippen LogP) is 5.47. The number of thiazole rings is 1. The van der Waals surface area contributed by atoms with Gasteiger partial charge in [-0.25, -0.2) is 23.1 Å². The fraction of sp³-hybridized carbons (Fsp3) is 0.394. The molecule has 5 heterocycles.